The Morgan fingerprint density at radius 1 is 1.55 bits per heavy atom. The highest BCUT2D eigenvalue weighted by atomic mass is 19.1. The quantitative estimate of drug-likeness (QED) is 0.847. The van der Waals surface area contributed by atoms with E-state index in [2.05, 4.69) is 5.32 Å². The van der Waals surface area contributed by atoms with Gasteiger partial charge in [-0.3, -0.25) is 0 Å². The molecule has 1 saturated carbocycles. The van der Waals surface area contributed by atoms with Gasteiger partial charge in [-0.1, -0.05) is 6.07 Å². The number of hydrogen-bond acceptors (Lipinski definition) is 3. The maximum atomic E-state index is 13.7. The second kappa shape index (κ2) is 6.96. The number of aliphatic hydroxyl groups excluding tert-OH is 1. The molecule has 0 heterocycles. The second-order valence-corrected chi connectivity index (χ2v) is 5.85. The minimum atomic E-state index is -0.468. The lowest BCUT2D eigenvalue weighted by molar-refractivity contribution is 0.113. The number of nitrogens with zero attached hydrogens (tertiary/aromatic N) is 1. The van der Waals surface area contributed by atoms with E-state index < -0.39 is 11.9 Å². The number of benzene rings is 1. The van der Waals surface area contributed by atoms with Crippen LogP contribution in [0.25, 0.3) is 0 Å². The summed E-state index contributed by atoms with van der Waals surface area (Å²) in [5.74, 6) is 0.0360. The van der Waals surface area contributed by atoms with Gasteiger partial charge in [0.25, 0.3) is 0 Å². The summed E-state index contributed by atoms with van der Waals surface area (Å²) < 4.78 is 18.6. The van der Waals surface area contributed by atoms with E-state index in [0.29, 0.717) is 18.0 Å². The summed E-state index contributed by atoms with van der Waals surface area (Å²) in [4.78, 5) is 13.6. The van der Waals surface area contributed by atoms with E-state index in [9.17, 15) is 14.3 Å². The highest BCUT2D eigenvalue weighted by Crippen LogP contribution is 2.32. The van der Waals surface area contributed by atoms with Gasteiger partial charge in [0.05, 0.1) is 19.3 Å². The summed E-state index contributed by atoms with van der Waals surface area (Å²) in [5.41, 5.74) is 0.655. The first kappa shape index (κ1) is 16.5. The molecule has 0 aliphatic heterocycles. The van der Waals surface area contributed by atoms with Crippen molar-refractivity contribution in [3.8, 4) is 5.75 Å². The highest BCUT2D eigenvalue weighted by molar-refractivity contribution is 5.74. The van der Waals surface area contributed by atoms with Crippen LogP contribution in [0.15, 0.2) is 18.2 Å². The third-order valence-electron chi connectivity index (χ3n) is 3.99. The summed E-state index contributed by atoms with van der Waals surface area (Å²) in [6, 6.07) is 3.97. The van der Waals surface area contributed by atoms with E-state index in [4.69, 9.17) is 4.74 Å². The molecule has 1 aliphatic carbocycles. The van der Waals surface area contributed by atoms with Crippen LogP contribution in [-0.2, 0) is 0 Å². The Balaban J connectivity index is 1.90. The maximum Gasteiger partial charge on any atom is 0.317 e. The summed E-state index contributed by atoms with van der Waals surface area (Å²) >= 11 is 0. The lowest BCUT2D eigenvalue weighted by Gasteiger charge is -2.24. The predicted octanol–water partition coefficient (Wildman–Crippen LogP) is 2.31. The van der Waals surface area contributed by atoms with Crippen molar-refractivity contribution in [2.24, 2.45) is 5.92 Å². The normalized spacial score (nSPS) is 16.8. The van der Waals surface area contributed by atoms with Crippen molar-refractivity contribution in [3.63, 3.8) is 0 Å². The van der Waals surface area contributed by atoms with E-state index >= 15 is 0 Å². The van der Waals surface area contributed by atoms with E-state index in [0.717, 1.165) is 12.8 Å². The molecule has 0 spiro atoms. The topological polar surface area (TPSA) is 61.8 Å². The summed E-state index contributed by atoms with van der Waals surface area (Å²) in [7, 11) is 3.05. The summed E-state index contributed by atoms with van der Waals surface area (Å²) in [6.45, 7) is 2.09. The number of hydrogen-bond donors (Lipinski definition) is 2. The van der Waals surface area contributed by atoms with Crippen LogP contribution in [0, 0.1) is 11.7 Å². The van der Waals surface area contributed by atoms with Crippen LogP contribution in [0.4, 0.5) is 9.18 Å². The molecule has 0 aromatic heterocycles. The van der Waals surface area contributed by atoms with Gasteiger partial charge in [0, 0.05) is 13.6 Å². The number of aliphatic hydroxyl groups is 1. The van der Waals surface area contributed by atoms with Crippen molar-refractivity contribution in [2.45, 2.75) is 31.9 Å². The van der Waals surface area contributed by atoms with Crippen LogP contribution >= 0.6 is 0 Å². The van der Waals surface area contributed by atoms with Crippen molar-refractivity contribution in [3.05, 3.63) is 29.6 Å². The van der Waals surface area contributed by atoms with Gasteiger partial charge in [0.15, 0.2) is 11.6 Å². The van der Waals surface area contributed by atoms with Gasteiger partial charge >= 0.3 is 6.03 Å². The Labute approximate surface area is 130 Å². The number of amides is 2. The summed E-state index contributed by atoms with van der Waals surface area (Å²) in [5, 5.41) is 12.7. The van der Waals surface area contributed by atoms with Crippen molar-refractivity contribution < 1.29 is 19.0 Å². The Hall–Kier alpha value is -1.82. The van der Waals surface area contributed by atoms with Crippen molar-refractivity contribution in [2.75, 3.05) is 20.7 Å². The fourth-order valence-corrected chi connectivity index (χ4v) is 2.32. The van der Waals surface area contributed by atoms with Crippen LogP contribution in [0.5, 0.6) is 5.75 Å². The molecule has 6 heteroatoms. The molecular weight excluding hydrogens is 287 g/mol. The van der Waals surface area contributed by atoms with Gasteiger partial charge in [-0.25, -0.2) is 9.18 Å². The van der Waals surface area contributed by atoms with E-state index in [1.165, 1.54) is 24.1 Å². The number of likely N-dealkylation sites (N-methyl/N-ethyl adjacent to an activating group) is 1. The first-order chi connectivity index (χ1) is 10.4. The molecular formula is C16H23FN2O3. The van der Waals surface area contributed by atoms with Gasteiger partial charge < -0.3 is 20.1 Å². The van der Waals surface area contributed by atoms with Gasteiger partial charge in [-0.2, -0.15) is 0 Å². The molecule has 0 bridgehead atoms. The molecule has 2 amide bonds. The van der Waals surface area contributed by atoms with E-state index in [-0.39, 0.29) is 17.8 Å². The molecule has 2 atom stereocenters. The number of nitrogens with one attached hydrogen (secondary N) is 1. The number of rotatable bonds is 6. The lowest BCUT2D eigenvalue weighted by Crippen LogP contribution is -2.42. The molecule has 1 fully saturated rings. The molecule has 1 aliphatic rings. The second-order valence-electron chi connectivity index (χ2n) is 5.85. The lowest BCUT2D eigenvalue weighted by atomic mass is 10.1. The Bertz CT molecular complexity index is 534. The van der Waals surface area contributed by atoms with E-state index in [1.54, 1.807) is 20.0 Å². The first-order valence-corrected chi connectivity index (χ1v) is 7.45. The molecule has 1 aromatic rings. The molecule has 22 heavy (non-hydrogen) atoms. The standard InChI is InChI=1S/C16H23FN2O3/c1-10(12-6-7-15(22-3)13(17)8-12)18-16(21)19(2)9-14(20)11-4-5-11/h6-8,10-11,14,20H,4-5,9H2,1-3H3,(H,18,21). The Kier molecular flexibility index (Phi) is 5.24. The number of carbonyl (C=O) groups excluding carboxylic acids is 1. The largest absolute Gasteiger partial charge is 0.494 e. The van der Waals surface area contributed by atoms with Crippen LogP contribution in [-0.4, -0.2) is 42.8 Å². The minimum Gasteiger partial charge on any atom is -0.494 e. The van der Waals surface area contributed by atoms with Gasteiger partial charge in [0.2, 0.25) is 0 Å². The van der Waals surface area contributed by atoms with Crippen LogP contribution in [0.2, 0.25) is 0 Å². The average Bonchev–Trinajstić information content (AvgIpc) is 3.31. The third-order valence-corrected chi connectivity index (χ3v) is 3.99. The average molecular weight is 310 g/mol. The Morgan fingerprint density at radius 3 is 2.77 bits per heavy atom. The first-order valence-electron chi connectivity index (χ1n) is 7.45. The molecule has 122 valence electrons. The number of halogens is 1. The van der Waals surface area contributed by atoms with Crippen molar-refractivity contribution >= 4 is 6.03 Å². The van der Waals surface area contributed by atoms with Crippen LogP contribution < -0.4 is 10.1 Å². The van der Waals surface area contributed by atoms with Gasteiger partial charge in [0.1, 0.15) is 0 Å². The minimum absolute atomic E-state index is 0.173. The fraction of sp³-hybridized carbons (Fsp3) is 0.562. The number of methoxy groups -OCH3 is 1. The molecule has 2 unspecified atom stereocenters. The Morgan fingerprint density at radius 2 is 2.23 bits per heavy atom. The zero-order valence-corrected chi connectivity index (χ0v) is 13.2. The van der Waals surface area contributed by atoms with Gasteiger partial charge in [-0.15, -0.1) is 0 Å². The van der Waals surface area contributed by atoms with Gasteiger partial charge in [-0.05, 0) is 43.4 Å². The third kappa shape index (κ3) is 4.10. The molecule has 2 rings (SSSR count). The monoisotopic (exact) mass is 310 g/mol. The molecule has 0 saturated heterocycles. The molecule has 1 aromatic carbocycles. The number of carbonyl (C=O) groups is 1. The number of ether oxygens (including phenoxy) is 1. The smallest absolute Gasteiger partial charge is 0.317 e. The van der Waals surface area contributed by atoms with Crippen molar-refractivity contribution in [1.29, 1.82) is 0 Å². The maximum absolute atomic E-state index is 13.7. The zero-order chi connectivity index (χ0) is 16.3. The zero-order valence-electron chi connectivity index (χ0n) is 13.2. The number of urea groups is 1. The highest BCUT2D eigenvalue weighted by Gasteiger charge is 2.31. The predicted molar refractivity (Wildman–Crippen MR) is 81.3 cm³/mol. The van der Waals surface area contributed by atoms with E-state index in [1.807, 2.05) is 0 Å². The van der Waals surface area contributed by atoms with Crippen LogP contribution in [0.3, 0.4) is 0 Å². The fourth-order valence-electron chi connectivity index (χ4n) is 2.32. The molecule has 2 N–H and O–H groups in total. The molecule has 5 nitrogen and oxygen atoms in total. The van der Waals surface area contributed by atoms with Crippen molar-refractivity contribution in [1.82, 2.24) is 10.2 Å². The SMILES string of the molecule is COc1ccc(C(C)NC(=O)N(C)CC(O)C2CC2)cc1F. The van der Waals surface area contributed by atoms with Crippen LogP contribution in [0.1, 0.15) is 31.4 Å². The summed E-state index contributed by atoms with van der Waals surface area (Å²) in [6.07, 6.45) is 1.58. The molecule has 0 radical (unpaired) electrons.